The van der Waals surface area contributed by atoms with Crippen LogP contribution >= 0.6 is 0 Å². The molecule has 2 aliphatic heterocycles. The molecule has 0 unspecified atom stereocenters. The van der Waals surface area contributed by atoms with Crippen LogP contribution in [0.3, 0.4) is 0 Å². The fourth-order valence-corrected chi connectivity index (χ4v) is 7.53. The zero-order chi connectivity index (χ0) is 39.4. The van der Waals surface area contributed by atoms with Gasteiger partial charge in [0.25, 0.3) is 5.91 Å². The Morgan fingerprint density at radius 1 is 0.963 bits per heavy atom. The van der Waals surface area contributed by atoms with E-state index in [1.165, 1.54) is 24.2 Å². The molecule has 0 bridgehead atoms. The molecule has 2 saturated carbocycles. The van der Waals surface area contributed by atoms with Crippen molar-refractivity contribution in [3.63, 3.8) is 0 Å². The summed E-state index contributed by atoms with van der Waals surface area (Å²) in [6, 6.07) is 0.681. The van der Waals surface area contributed by atoms with Gasteiger partial charge in [-0.3, -0.25) is 24.5 Å². The van der Waals surface area contributed by atoms with Gasteiger partial charge in [-0.05, 0) is 75.0 Å². The highest BCUT2D eigenvalue weighted by Crippen LogP contribution is 2.45. The maximum atomic E-state index is 14.4. The van der Waals surface area contributed by atoms with Crippen molar-refractivity contribution in [1.29, 1.82) is 0 Å². The molecule has 4 fully saturated rings. The molecule has 0 spiro atoms. The molecule has 298 valence electrons. The predicted octanol–water partition coefficient (Wildman–Crippen LogP) is 5.04. The van der Waals surface area contributed by atoms with E-state index < -0.39 is 76.7 Å². The average molecular weight is 765 g/mol. The zero-order valence-electron chi connectivity index (χ0n) is 31.2. The Morgan fingerprint density at radius 3 is 2.22 bits per heavy atom. The highest BCUT2D eigenvalue weighted by Gasteiger charge is 2.61. The van der Waals surface area contributed by atoms with Crippen molar-refractivity contribution >= 4 is 41.3 Å². The summed E-state index contributed by atoms with van der Waals surface area (Å²) in [5.41, 5.74) is -0.679. The van der Waals surface area contributed by atoms with Crippen molar-refractivity contribution in [1.82, 2.24) is 21.0 Å². The number of nitrogens with zero attached hydrogens (tertiary/aromatic N) is 2. The van der Waals surface area contributed by atoms with E-state index in [9.17, 15) is 37.1 Å². The molecule has 14 nitrogen and oxygen atoms in total. The van der Waals surface area contributed by atoms with Crippen LogP contribution in [0.4, 0.5) is 34.1 Å². The van der Waals surface area contributed by atoms with E-state index in [-0.39, 0.29) is 31.2 Å². The lowest BCUT2D eigenvalue weighted by atomic mass is 9.85. The number of anilines is 2. The maximum absolute atomic E-state index is 14.4. The number of ether oxygens (including phenoxy) is 2. The third kappa shape index (κ3) is 9.39. The predicted molar refractivity (Wildman–Crippen MR) is 191 cm³/mol. The Bertz CT molecular complexity index is 1590. The summed E-state index contributed by atoms with van der Waals surface area (Å²) in [6.45, 7) is 9.84. The first-order valence-corrected chi connectivity index (χ1v) is 18.5. The summed E-state index contributed by atoms with van der Waals surface area (Å²) in [6.07, 6.45) is -0.469. The number of alkyl halides is 3. The van der Waals surface area contributed by atoms with E-state index >= 15 is 0 Å². The second-order valence-electron chi connectivity index (χ2n) is 15.6. The lowest BCUT2D eigenvalue weighted by Gasteiger charge is -2.35. The van der Waals surface area contributed by atoms with Crippen LogP contribution in [0.2, 0.25) is 0 Å². The molecule has 17 heteroatoms. The Labute approximate surface area is 312 Å². The standard InChI is InChI=1S/C37H51F3N6O8/c1-6-22-20-36(22,32(49)44-52-5)43-30(47)28-19-25(21-46(28)31(48)29(35(2,3)4)42-34(51)53-24-12-8-9-13-24)54-33(50)41-26-18-23(37(38,39)40)14-15-27(26)45-16-10-7-11-17-45/h6,14-15,18,22,24-25,28-29H,1,7-13,16-17,19-21H2,2-5H3,(H,41,50)(H,42,51)(H,43,47)(H,44,49)/t22-,25-,28+,29-,36-/m1/s1. The summed E-state index contributed by atoms with van der Waals surface area (Å²) in [7, 11) is 1.25. The summed E-state index contributed by atoms with van der Waals surface area (Å²) in [4.78, 5) is 75.7. The molecule has 5 rings (SSSR count). The summed E-state index contributed by atoms with van der Waals surface area (Å²) >= 11 is 0. The van der Waals surface area contributed by atoms with Gasteiger partial charge in [-0.25, -0.2) is 15.1 Å². The van der Waals surface area contributed by atoms with Crippen LogP contribution in [0.25, 0.3) is 0 Å². The van der Waals surface area contributed by atoms with Crippen molar-refractivity contribution in [2.75, 3.05) is 37.0 Å². The molecule has 54 heavy (non-hydrogen) atoms. The number of benzene rings is 1. The average Bonchev–Trinajstić information content (AvgIpc) is 3.37. The number of halogens is 3. The van der Waals surface area contributed by atoms with Crippen LogP contribution in [-0.4, -0.2) is 91.4 Å². The van der Waals surface area contributed by atoms with E-state index in [4.69, 9.17) is 14.3 Å². The molecule has 5 atom stereocenters. The monoisotopic (exact) mass is 764 g/mol. The number of likely N-dealkylation sites (tertiary alicyclic amines) is 1. The second kappa shape index (κ2) is 16.4. The van der Waals surface area contributed by atoms with Crippen LogP contribution in [-0.2, 0) is 34.9 Å². The van der Waals surface area contributed by atoms with E-state index in [0.717, 1.165) is 44.2 Å². The minimum absolute atomic E-state index is 0.0926. The second-order valence-corrected chi connectivity index (χ2v) is 15.6. The molecule has 0 radical (unpaired) electrons. The van der Waals surface area contributed by atoms with E-state index in [1.54, 1.807) is 20.8 Å². The normalized spacial score (nSPS) is 25.0. The van der Waals surface area contributed by atoms with Gasteiger partial charge < -0.3 is 29.9 Å². The summed E-state index contributed by atoms with van der Waals surface area (Å²) in [5.74, 6) is -2.44. The van der Waals surface area contributed by atoms with E-state index in [1.807, 2.05) is 4.90 Å². The number of hydrogen-bond acceptors (Lipinski definition) is 9. The number of hydroxylamine groups is 1. The minimum Gasteiger partial charge on any atom is -0.446 e. The van der Waals surface area contributed by atoms with Gasteiger partial charge in [-0.15, -0.1) is 6.58 Å². The van der Waals surface area contributed by atoms with Crippen LogP contribution in [0, 0.1) is 11.3 Å². The lowest BCUT2D eigenvalue weighted by molar-refractivity contribution is -0.144. The van der Waals surface area contributed by atoms with Crippen LogP contribution in [0.5, 0.6) is 0 Å². The third-order valence-corrected chi connectivity index (χ3v) is 10.6. The van der Waals surface area contributed by atoms with Gasteiger partial charge in [0.15, 0.2) is 0 Å². The fourth-order valence-electron chi connectivity index (χ4n) is 7.53. The number of amides is 5. The summed E-state index contributed by atoms with van der Waals surface area (Å²) in [5, 5.41) is 7.90. The largest absolute Gasteiger partial charge is 0.446 e. The quantitative estimate of drug-likeness (QED) is 0.178. The van der Waals surface area contributed by atoms with Gasteiger partial charge in [0.1, 0.15) is 29.8 Å². The number of piperidine rings is 1. The molecule has 4 aliphatic rings. The number of rotatable bonds is 11. The third-order valence-electron chi connectivity index (χ3n) is 10.6. The molecule has 2 heterocycles. The molecular weight excluding hydrogens is 713 g/mol. The van der Waals surface area contributed by atoms with Crippen molar-refractivity contribution < 1.29 is 51.5 Å². The Morgan fingerprint density at radius 2 is 1.63 bits per heavy atom. The first kappa shape index (κ1) is 40.6. The molecule has 2 saturated heterocycles. The van der Waals surface area contributed by atoms with Crippen molar-refractivity contribution in [3.8, 4) is 0 Å². The lowest BCUT2D eigenvalue weighted by Crippen LogP contribution is -2.60. The summed E-state index contributed by atoms with van der Waals surface area (Å²) < 4.78 is 52.5. The molecule has 1 aromatic carbocycles. The van der Waals surface area contributed by atoms with Gasteiger partial charge in [0, 0.05) is 25.4 Å². The number of alkyl carbamates (subject to hydrolysis) is 1. The van der Waals surface area contributed by atoms with Gasteiger partial charge in [-0.1, -0.05) is 26.8 Å². The first-order valence-electron chi connectivity index (χ1n) is 18.5. The molecule has 5 amide bonds. The Hall–Kier alpha value is -4.54. The van der Waals surface area contributed by atoms with E-state index in [0.29, 0.717) is 31.6 Å². The number of nitrogens with one attached hydrogen (secondary N) is 4. The Balaban J connectivity index is 1.38. The number of carbonyl (C=O) groups excluding carboxylic acids is 5. The minimum atomic E-state index is -4.67. The molecule has 2 aliphatic carbocycles. The Kier molecular flexibility index (Phi) is 12.4. The van der Waals surface area contributed by atoms with Gasteiger partial charge in [0.2, 0.25) is 11.8 Å². The molecular formula is C37H51F3N6O8. The van der Waals surface area contributed by atoms with Crippen LogP contribution in [0.1, 0.15) is 84.1 Å². The topological polar surface area (TPSA) is 168 Å². The molecule has 1 aromatic rings. The van der Waals surface area contributed by atoms with E-state index in [2.05, 4.69) is 28.0 Å². The molecule has 4 N–H and O–H groups in total. The highest BCUT2D eigenvalue weighted by atomic mass is 19.4. The maximum Gasteiger partial charge on any atom is 0.416 e. The van der Waals surface area contributed by atoms with Gasteiger partial charge in [0.05, 0.1) is 30.6 Å². The number of hydrogen-bond donors (Lipinski definition) is 4. The van der Waals surface area contributed by atoms with Crippen LogP contribution < -0.4 is 26.3 Å². The van der Waals surface area contributed by atoms with Gasteiger partial charge >= 0.3 is 18.4 Å². The SMILES string of the molecule is C=C[C@@H]1C[C@]1(NC(=O)[C@@H]1C[C@@H](OC(=O)Nc2cc(C(F)(F)F)ccc2N2CCCCC2)CN1C(=O)[C@@H](NC(=O)OC1CCCC1)C(C)(C)C)C(=O)NOC. The highest BCUT2D eigenvalue weighted by molar-refractivity contribution is 5.98. The number of carbonyl (C=O) groups is 5. The zero-order valence-corrected chi connectivity index (χ0v) is 31.2. The van der Waals surface area contributed by atoms with Crippen molar-refractivity contribution in [2.24, 2.45) is 11.3 Å². The van der Waals surface area contributed by atoms with Crippen molar-refractivity contribution in [3.05, 3.63) is 36.4 Å². The smallest absolute Gasteiger partial charge is 0.416 e. The fraction of sp³-hybridized carbons (Fsp3) is 0.649. The van der Waals surface area contributed by atoms with Crippen LogP contribution in [0.15, 0.2) is 30.9 Å². The first-order chi connectivity index (χ1) is 25.5. The molecule has 0 aromatic heterocycles. The van der Waals surface area contributed by atoms with Gasteiger partial charge in [-0.2, -0.15) is 13.2 Å². The van der Waals surface area contributed by atoms with Crippen molar-refractivity contribution in [2.45, 2.75) is 115 Å².